The topological polar surface area (TPSA) is 0 Å². The van der Waals surface area contributed by atoms with Crippen molar-refractivity contribution in [3.63, 3.8) is 0 Å². The molecule has 0 aromatic rings. The van der Waals surface area contributed by atoms with Crippen molar-refractivity contribution >= 4 is 0 Å². The van der Waals surface area contributed by atoms with E-state index in [2.05, 4.69) is 0 Å². The molecule has 0 nitrogen and oxygen atoms in total. The SMILES string of the molecule is F.F.F.F.[Eu]. The fourth-order valence-corrected chi connectivity index (χ4v) is 0. The van der Waals surface area contributed by atoms with Gasteiger partial charge in [-0.15, -0.1) is 0 Å². The van der Waals surface area contributed by atoms with E-state index in [1.54, 1.807) is 0 Å². The van der Waals surface area contributed by atoms with Crippen LogP contribution in [0.2, 0.25) is 0 Å². The average Bonchev–Trinajstić information content (AvgIpc) is 0. The molecular weight excluding hydrogens is 228 g/mol. The van der Waals surface area contributed by atoms with E-state index in [-0.39, 0.29) is 68.2 Å². The Balaban J connectivity index is 0. The quantitative estimate of drug-likeness (QED) is 0.537. The largest absolute Gasteiger partial charge is 0.269 e. The average molecular weight is 232 g/mol. The monoisotopic (exact) mass is 233 g/mol. The van der Waals surface area contributed by atoms with E-state index in [0.29, 0.717) is 0 Å². The molecule has 0 aliphatic rings. The molecule has 0 heterocycles. The molecule has 5 heavy (non-hydrogen) atoms. The zero-order chi connectivity index (χ0) is 0. The van der Waals surface area contributed by atoms with Gasteiger partial charge in [0.05, 0.1) is 0 Å². The smallest absolute Gasteiger partial charge is 0 e. The maximum atomic E-state index is 0. The van der Waals surface area contributed by atoms with E-state index in [4.69, 9.17) is 0 Å². The van der Waals surface area contributed by atoms with Gasteiger partial charge in [-0.05, 0) is 0 Å². The minimum atomic E-state index is 0. The Hall–Kier alpha value is 1.30. The first-order chi connectivity index (χ1) is 0. The third-order valence-corrected chi connectivity index (χ3v) is 0. The Morgan fingerprint density at radius 2 is 0.400 bits per heavy atom. The van der Waals surface area contributed by atoms with Crippen LogP contribution in [0.4, 0.5) is 18.8 Å². The van der Waals surface area contributed by atoms with Crippen LogP contribution in [0.3, 0.4) is 0 Å². The normalized spacial score (nSPS) is 0. The van der Waals surface area contributed by atoms with E-state index in [9.17, 15) is 0 Å². The summed E-state index contributed by atoms with van der Waals surface area (Å²) in [5.41, 5.74) is 0. The van der Waals surface area contributed by atoms with Crippen molar-refractivity contribution < 1.29 is 68.2 Å². The van der Waals surface area contributed by atoms with E-state index >= 15 is 0 Å². The predicted octanol–water partition coefficient (Wildman–Crippen LogP) is 0.610. The molecule has 39 valence electrons. The molecule has 0 spiro atoms. The van der Waals surface area contributed by atoms with Crippen LogP contribution in [0.1, 0.15) is 0 Å². The van der Waals surface area contributed by atoms with Gasteiger partial charge < -0.3 is 0 Å². The van der Waals surface area contributed by atoms with E-state index in [1.807, 2.05) is 0 Å². The van der Waals surface area contributed by atoms with Crippen molar-refractivity contribution in [3.05, 3.63) is 0 Å². The number of hydrogen-bond donors (Lipinski definition) is 0. The minimum Gasteiger partial charge on any atom is -0.269 e. The van der Waals surface area contributed by atoms with Crippen LogP contribution < -0.4 is 0 Å². The molecule has 0 aromatic carbocycles. The second kappa shape index (κ2) is 57.8. The minimum absolute atomic E-state index is 0. The molecule has 0 aliphatic carbocycles. The molecular formula is H4EuF4. The summed E-state index contributed by atoms with van der Waals surface area (Å²) in [6, 6.07) is 0. The molecule has 0 aliphatic heterocycles. The maximum absolute atomic E-state index is 0. The Kier molecular flexibility index (Phi) is 1200. The third-order valence-electron chi connectivity index (χ3n) is 0. The Morgan fingerprint density at radius 1 is 0.400 bits per heavy atom. The molecule has 0 amide bonds. The first kappa shape index (κ1) is 104. The van der Waals surface area contributed by atoms with Crippen molar-refractivity contribution in [1.29, 1.82) is 0 Å². The van der Waals surface area contributed by atoms with Crippen LogP contribution in [-0.4, -0.2) is 0 Å². The van der Waals surface area contributed by atoms with Gasteiger partial charge in [0.15, 0.2) is 0 Å². The van der Waals surface area contributed by atoms with Crippen molar-refractivity contribution in [3.8, 4) is 0 Å². The fourth-order valence-electron chi connectivity index (χ4n) is 0. The molecule has 0 aromatic heterocycles. The van der Waals surface area contributed by atoms with Gasteiger partial charge in [0.25, 0.3) is 0 Å². The van der Waals surface area contributed by atoms with Crippen molar-refractivity contribution in [2.24, 2.45) is 0 Å². The summed E-state index contributed by atoms with van der Waals surface area (Å²) in [6.45, 7) is 0. The Labute approximate surface area is 67.3 Å². The van der Waals surface area contributed by atoms with Crippen LogP contribution >= 0.6 is 0 Å². The zero-order valence-corrected chi connectivity index (χ0v) is 4.44. The molecule has 1 radical (unpaired) electrons. The summed E-state index contributed by atoms with van der Waals surface area (Å²) in [7, 11) is 0. The van der Waals surface area contributed by atoms with Gasteiger partial charge >= 0.3 is 0 Å². The molecule has 0 atom stereocenters. The van der Waals surface area contributed by atoms with Gasteiger partial charge in [-0.2, -0.15) is 0 Å². The second-order valence-electron chi connectivity index (χ2n) is 0. The van der Waals surface area contributed by atoms with Crippen LogP contribution in [0.5, 0.6) is 0 Å². The van der Waals surface area contributed by atoms with Gasteiger partial charge in [-0.1, -0.05) is 0 Å². The molecule has 0 unspecified atom stereocenters. The number of hydrogen-bond acceptors (Lipinski definition) is 0. The van der Waals surface area contributed by atoms with Gasteiger partial charge in [-0.3, -0.25) is 18.8 Å². The summed E-state index contributed by atoms with van der Waals surface area (Å²) in [4.78, 5) is 0. The summed E-state index contributed by atoms with van der Waals surface area (Å²) >= 11 is 0. The van der Waals surface area contributed by atoms with Crippen molar-refractivity contribution in [1.82, 2.24) is 0 Å². The van der Waals surface area contributed by atoms with Gasteiger partial charge in [0.2, 0.25) is 0 Å². The van der Waals surface area contributed by atoms with Crippen LogP contribution in [0.25, 0.3) is 0 Å². The van der Waals surface area contributed by atoms with Gasteiger partial charge in [0, 0.05) is 49.4 Å². The van der Waals surface area contributed by atoms with Crippen molar-refractivity contribution in [2.75, 3.05) is 0 Å². The standard InChI is InChI=1S/Eu.4FH/h;4*1H. The second-order valence-corrected chi connectivity index (χ2v) is 0. The van der Waals surface area contributed by atoms with Crippen molar-refractivity contribution in [2.45, 2.75) is 0 Å². The Bertz CT molecular complexity index is 3.61. The van der Waals surface area contributed by atoms with Crippen LogP contribution in [0.15, 0.2) is 0 Å². The Morgan fingerprint density at radius 3 is 0.400 bits per heavy atom. The molecule has 0 rings (SSSR count). The van der Waals surface area contributed by atoms with E-state index in [1.165, 1.54) is 0 Å². The zero-order valence-electron chi connectivity index (χ0n) is 2.01. The predicted molar refractivity (Wildman–Crippen MR) is 10.0 cm³/mol. The molecule has 0 fully saturated rings. The number of halogens is 4. The summed E-state index contributed by atoms with van der Waals surface area (Å²) in [5.74, 6) is 0. The van der Waals surface area contributed by atoms with E-state index in [0.717, 1.165) is 0 Å². The third kappa shape index (κ3) is 34.0. The molecule has 0 saturated heterocycles. The molecule has 0 bridgehead atoms. The van der Waals surface area contributed by atoms with Crippen LogP contribution in [-0.2, 0) is 0 Å². The molecule has 0 N–H and O–H groups in total. The van der Waals surface area contributed by atoms with Gasteiger partial charge in [-0.25, -0.2) is 0 Å². The first-order valence-corrected chi connectivity index (χ1v) is 0. The summed E-state index contributed by atoms with van der Waals surface area (Å²) in [5, 5.41) is 0. The first-order valence-electron chi connectivity index (χ1n) is 0. The van der Waals surface area contributed by atoms with Crippen LogP contribution in [0, 0.1) is 49.4 Å². The van der Waals surface area contributed by atoms with E-state index < -0.39 is 0 Å². The summed E-state index contributed by atoms with van der Waals surface area (Å²) in [6.07, 6.45) is 0. The summed E-state index contributed by atoms with van der Waals surface area (Å²) < 4.78 is 0. The van der Waals surface area contributed by atoms with Gasteiger partial charge in [0.1, 0.15) is 0 Å². The molecule has 0 saturated carbocycles. The maximum Gasteiger partial charge on any atom is 0 e. The number of rotatable bonds is 0. The molecule has 5 heteroatoms. The fraction of sp³-hybridized carbons (Fsp3) is 0.